The molecule has 0 fully saturated rings. The van der Waals surface area contributed by atoms with Gasteiger partial charge >= 0.3 is 0 Å². The van der Waals surface area contributed by atoms with E-state index in [0.29, 0.717) is 18.1 Å². The molecule has 1 aromatic carbocycles. The van der Waals surface area contributed by atoms with E-state index in [2.05, 4.69) is 5.32 Å². The zero-order valence-corrected chi connectivity index (χ0v) is 12.1. The Hall–Kier alpha value is -1.30. The minimum atomic E-state index is -0.0142. The van der Waals surface area contributed by atoms with E-state index < -0.39 is 0 Å². The Balaban J connectivity index is 2.52. The van der Waals surface area contributed by atoms with E-state index in [1.807, 2.05) is 25.1 Å². The summed E-state index contributed by atoms with van der Waals surface area (Å²) in [5, 5.41) is 20.8. The average molecular weight is 283 g/mol. The molecule has 0 heterocycles. The van der Waals surface area contributed by atoms with Crippen LogP contribution in [-0.4, -0.2) is 43.2 Å². The second-order valence-electron chi connectivity index (χ2n) is 4.39. The molecule has 5 heteroatoms. The van der Waals surface area contributed by atoms with E-state index in [4.69, 9.17) is 19.7 Å². The predicted octanol–water partition coefficient (Wildman–Crippen LogP) is 1.32. The Labute approximate surface area is 120 Å². The smallest absolute Gasteiger partial charge is 0.161 e. The lowest BCUT2D eigenvalue weighted by Crippen LogP contribution is -2.15. The van der Waals surface area contributed by atoms with Gasteiger partial charge in [-0.3, -0.25) is 0 Å². The highest BCUT2D eigenvalue weighted by Gasteiger charge is 2.06. The molecule has 0 aliphatic rings. The predicted molar refractivity (Wildman–Crippen MR) is 78.2 cm³/mol. The van der Waals surface area contributed by atoms with Crippen LogP contribution >= 0.6 is 0 Å². The first-order chi connectivity index (χ1) is 9.81. The van der Waals surface area contributed by atoms with Crippen LogP contribution < -0.4 is 14.8 Å². The van der Waals surface area contributed by atoms with E-state index in [1.54, 1.807) is 0 Å². The van der Waals surface area contributed by atoms with Crippen molar-refractivity contribution in [2.24, 2.45) is 0 Å². The average Bonchev–Trinajstić information content (AvgIpc) is 2.46. The summed E-state index contributed by atoms with van der Waals surface area (Å²) in [6.07, 6.45) is 1.79. The molecule has 0 unspecified atom stereocenters. The van der Waals surface area contributed by atoms with Crippen LogP contribution in [0.25, 0.3) is 0 Å². The van der Waals surface area contributed by atoms with Gasteiger partial charge in [0.25, 0.3) is 0 Å². The van der Waals surface area contributed by atoms with Crippen molar-refractivity contribution >= 4 is 0 Å². The largest absolute Gasteiger partial charge is 0.490 e. The summed E-state index contributed by atoms with van der Waals surface area (Å²) in [4.78, 5) is 0. The number of aliphatic hydroxyl groups is 2. The van der Waals surface area contributed by atoms with Crippen LogP contribution in [0.1, 0.15) is 25.3 Å². The van der Waals surface area contributed by atoms with Crippen molar-refractivity contribution in [2.45, 2.75) is 26.3 Å². The summed E-state index contributed by atoms with van der Waals surface area (Å²) in [5.74, 6) is 1.36. The SMILES string of the molecule is CCOc1cc(CNCCCCO)ccc1OCCO. The molecule has 0 aromatic heterocycles. The molecule has 3 N–H and O–H groups in total. The Morgan fingerprint density at radius 1 is 1.05 bits per heavy atom. The minimum Gasteiger partial charge on any atom is -0.490 e. The standard InChI is InChI=1S/C15H25NO4/c1-2-19-15-11-13(12-16-7-3-4-8-17)5-6-14(15)20-10-9-18/h5-6,11,16-18H,2-4,7-10,12H2,1H3. The first-order valence-electron chi connectivity index (χ1n) is 7.12. The second kappa shape index (κ2) is 10.5. The van der Waals surface area contributed by atoms with Gasteiger partial charge in [-0.2, -0.15) is 0 Å². The topological polar surface area (TPSA) is 71.0 Å². The van der Waals surface area contributed by atoms with Crippen LogP contribution in [0.4, 0.5) is 0 Å². The van der Waals surface area contributed by atoms with Crippen LogP contribution in [0, 0.1) is 0 Å². The molecular weight excluding hydrogens is 258 g/mol. The van der Waals surface area contributed by atoms with Gasteiger partial charge in [0.15, 0.2) is 11.5 Å². The zero-order chi connectivity index (χ0) is 14.6. The molecule has 0 atom stereocenters. The summed E-state index contributed by atoms with van der Waals surface area (Å²) >= 11 is 0. The summed E-state index contributed by atoms with van der Waals surface area (Å²) < 4.78 is 11.0. The summed E-state index contributed by atoms with van der Waals surface area (Å²) in [7, 11) is 0. The minimum absolute atomic E-state index is 0.0142. The van der Waals surface area contributed by atoms with Gasteiger partial charge in [-0.15, -0.1) is 0 Å². The van der Waals surface area contributed by atoms with Crippen LogP contribution in [0.3, 0.4) is 0 Å². The van der Waals surface area contributed by atoms with Gasteiger partial charge in [-0.05, 0) is 44.0 Å². The molecule has 20 heavy (non-hydrogen) atoms. The monoisotopic (exact) mass is 283 g/mol. The maximum absolute atomic E-state index is 8.80. The van der Waals surface area contributed by atoms with E-state index >= 15 is 0 Å². The first kappa shape index (κ1) is 16.8. The molecule has 0 saturated carbocycles. The maximum atomic E-state index is 8.80. The number of benzene rings is 1. The van der Waals surface area contributed by atoms with E-state index in [0.717, 1.165) is 31.5 Å². The Bertz CT molecular complexity index is 371. The van der Waals surface area contributed by atoms with E-state index in [9.17, 15) is 0 Å². The van der Waals surface area contributed by atoms with Crippen LogP contribution in [0.5, 0.6) is 11.5 Å². The molecule has 0 bridgehead atoms. The molecular formula is C15H25NO4. The number of unbranched alkanes of at least 4 members (excludes halogenated alkanes) is 1. The Morgan fingerprint density at radius 2 is 1.90 bits per heavy atom. The van der Waals surface area contributed by atoms with Gasteiger partial charge in [0, 0.05) is 13.2 Å². The third-order valence-corrected chi connectivity index (χ3v) is 2.75. The molecule has 0 radical (unpaired) electrons. The van der Waals surface area contributed by atoms with Gasteiger partial charge < -0.3 is 25.0 Å². The Kier molecular flexibility index (Phi) is 8.78. The second-order valence-corrected chi connectivity index (χ2v) is 4.39. The van der Waals surface area contributed by atoms with Gasteiger partial charge in [0.2, 0.25) is 0 Å². The van der Waals surface area contributed by atoms with E-state index in [-0.39, 0.29) is 19.8 Å². The number of hydrogen-bond donors (Lipinski definition) is 3. The van der Waals surface area contributed by atoms with Gasteiger partial charge in [-0.25, -0.2) is 0 Å². The summed E-state index contributed by atoms with van der Waals surface area (Å²) in [6, 6.07) is 5.80. The quantitative estimate of drug-likeness (QED) is 0.534. The third-order valence-electron chi connectivity index (χ3n) is 2.75. The fourth-order valence-corrected chi connectivity index (χ4v) is 1.80. The van der Waals surface area contributed by atoms with Crippen LogP contribution in [-0.2, 0) is 6.54 Å². The van der Waals surface area contributed by atoms with E-state index in [1.165, 1.54) is 0 Å². The molecule has 0 aliphatic carbocycles. The normalized spacial score (nSPS) is 10.6. The van der Waals surface area contributed by atoms with Gasteiger partial charge in [0.1, 0.15) is 6.61 Å². The van der Waals surface area contributed by atoms with Crippen LogP contribution in [0.15, 0.2) is 18.2 Å². The lowest BCUT2D eigenvalue weighted by Gasteiger charge is -2.13. The molecule has 114 valence electrons. The number of aliphatic hydroxyl groups excluding tert-OH is 2. The zero-order valence-electron chi connectivity index (χ0n) is 12.1. The van der Waals surface area contributed by atoms with Crippen molar-refractivity contribution in [1.82, 2.24) is 5.32 Å². The molecule has 0 aliphatic heterocycles. The molecule has 0 amide bonds. The van der Waals surface area contributed by atoms with Crippen molar-refractivity contribution < 1.29 is 19.7 Å². The first-order valence-corrected chi connectivity index (χ1v) is 7.12. The highest BCUT2D eigenvalue weighted by Crippen LogP contribution is 2.28. The van der Waals surface area contributed by atoms with Crippen molar-refractivity contribution in [1.29, 1.82) is 0 Å². The highest BCUT2D eigenvalue weighted by molar-refractivity contribution is 5.43. The van der Waals surface area contributed by atoms with Crippen molar-refractivity contribution in [2.75, 3.05) is 33.0 Å². The Morgan fingerprint density at radius 3 is 2.60 bits per heavy atom. The summed E-state index contributed by atoms with van der Waals surface area (Å²) in [5.41, 5.74) is 1.12. The number of hydrogen-bond acceptors (Lipinski definition) is 5. The fourth-order valence-electron chi connectivity index (χ4n) is 1.80. The maximum Gasteiger partial charge on any atom is 0.161 e. The molecule has 1 rings (SSSR count). The lowest BCUT2D eigenvalue weighted by molar-refractivity contribution is 0.194. The highest BCUT2D eigenvalue weighted by atomic mass is 16.5. The van der Waals surface area contributed by atoms with Crippen molar-refractivity contribution in [3.8, 4) is 11.5 Å². The molecule has 0 saturated heterocycles. The fraction of sp³-hybridized carbons (Fsp3) is 0.600. The molecule has 1 aromatic rings. The summed E-state index contributed by atoms with van der Waals surface area (Å²) in [6.45, 7) is 4.63. The number of nitrogens with one attached hydrogen (secondary N) is 1. The number of rotatable bonds is 11. The van der Waals surface area contributed by atoms with Gasteiger partial charge in [-0.1, -0.05) is 6.07 Å². The number of ether oxygens (including phenoxy) is 2. The van der Waals surface area contributed by atoms with Gasteiger partial charge in [0.05, 0.1) is 13.2 Å². The van der Waals surface area contributed by atoms with Crippen molar-refractivity contribution in [3.05, 3.63) is 23.8 Å². The van der Waals surface area contributed by atoms with Crippen LogP contribution in [0.2, 0.25) is 0 Å². The lowest BCUT2D eigenvalue weighted by atomic mass is 10.2. The third kappa shape index (κ3) is 6.23. The van der Waals surface area contributed by atoms with Crippen molar-refractivity contribution in [3.63, 3.8) is 0 Å². The molecule has 5 nitrogen and oxygen atoms in total. The molecule has 0 spiro atoms.